The maximum atomic E-state index is 13.1. The average Bonchev–Trinajstić information content (AvgIpc) is 3.07. The summed E-state index contributed by atoms with van der Waals surface area (Å²) in [6.07, 6.45) is 4.85. The third-order valence-corrected chi connectivity index (χ3v) is 7.61. The van der Waals surface area contributed by atoms with Crippen molar-refractivity contribution in [3.63, 3.8) is 0 Å². The van der Waals surface area contributed by atoms with E-state index in [9.17, 15) is 8.42 Å². The molecule has 0 bridgehead atoms. The minimum Gasteiger partial charge on any atom is -0.493 e. The molecular weight excluding hydrogens is 404 g/mol. The average molecular weight is 437 g/mol. The van der Waals surface area contributed by atoms with Crippen molar-refractivity contribution in [2.75, 3.05) is 26.2 Å². The van der Waals surface area contributed by atoms with Crippen LogP contribution < -0.4 is 9.46 Å². The molecule has 1 fully saturated rings. The van der Waals surface area contributed by atoms with Crippen LogP contribution in [-0.2, 0) is 10.0 Å². The predicted octanol–water partition coefficient (Wildman–Crippen LogP) is 4.66. The molecule has 0 aliphatic carbocycles. The molecule has 29 heavy (non-hydrogen) atoms. The molecule has 7 heteroatoms. The second-order valence-electron chi connectivity index (χ2n) is 7.69. The van der Waals surface area contributed by atoms with Gasteiger partial charge < -0.3 is 4.74 Å². The largest absolute Gasteiger partial charge is 0.493 e. The molecule has 0 spiro atoms. The maximum Gasteiger partial charge on any atom is 0.240 e. The highest BCUT2D eigenvalue weighted by Gasteiger charge is 2.25. The number of thiophene rings is 1. The number of sulfonamides is 1. The van der Waals surface area contributed by atoms with Crippen molar-refractivity contribution in [2.45, 2.75) is 57.4 Å². The number of hydrogen-bond donors (Lipinski definition) is 1. The second kappa shape index (κ2) is 10.1. The summed E-state index contributed by atoms with van der Waals surface area (Å²) in [5.41, 5.74) is 2.88. The Morgan fingerprint density at radius 3 is 2.34 bits per heavy atom. The normalized spacial score (nSPS) is 17.1. The number of hydrogen-bond acceptors (Lipinski definition) is 5. The van der Waals surface area contributed by atoms with Crippen molar-refractivity contribution in [1.29, 1.82) is 0 Å². The van der Waals surface area contributed by atoms with E-state index in [-0.39, 0.29) is 6.04 Å². The quantitative estimate of drug-likeness (QED) is 0.654. The lowest BCUT2D eigenvalue weighted by Gasteiger charge is -2.30. The van der Waals surface area contributed by atoms with Gasteiger partial charge in [0.05, 0.1) is 11.5 Å². The topological polar surface area (TPSA) is 58.6 Å². The monoisotopic (exact) mass is 436 g/mol. The fourth-order valence-corrected chi connectivity index (χ4v) is 5.95. The summed E-state index contributed by atoms with van der Waals surface area (Å²) in [6, 6.07) is 5.58. The van der Waals surface area contributed by atoms with E-state index in [1.807, 2.05) is 20.8 Å². The van der Waals surface area contributed by atoms with Gasteiger partial charge in [-0.3, -0.25) is 4.90 Å². The van der Waals surface area contributed by atoms with Crippen molar-refractivity contribution in [3.8, 4) is 5.75 Å². The molecule has 1 saturated heterocycles. The Morgan fingerprint density at radius 2 is 1.79 bits per heavy atom. The van der Waals surface area contributed by atoms with E-state index in [0.29, 0.717) is 18.0 Å². The first-order chi connectivity index (χ1) is 13.9. The van der Waals surface area contributed by atoms with Crippen LogP contribution in [0.2, 0.25) is 0 Å². The minimum atomic E-state index is -3.60. The Bertz CT molecular complexity index is 864. The lowest BCUT2D eigenvalue weighted by atomic mass is 10.1. The first-order valence-corrected chi connectivity index (χ1v) is 12.8. The van der Waals surface area contributed by atoms with Gasteiger partial charge in [-0.2, -0.15) is 11.3 Å². The molecule has 5 nitrogen and oxygen atoms in total. The van der Waals surface area contributed by atoms with Crippen LogP contribution in [0.5, 0.6) is 5.75 Å². The van der Waals surface area contributed by atoms with Crippen molar-refractivity contribution >= 4 is 21.4 Å². The molecule has 1 aromatic carbocycles. The molecule has 1 aromatic heterocycles. The molecule has 1 aliphatic rings. The number of benzene rings is 1. The summed E-state index contributed by atoms with van der Waals surface area (Å²) in [5, 5.41) is 4.20. The summed E-state index contributed by atoms with van der Waals surface area (Å²) < 4.78 is 34.7. The minimum absolute atomic E-state index is 0.0685. The van der Waals surface area contributed by atoms with E-state index in [1.165, 1.54) is 31.2 Å². The Morgan fingerprint density at radius 1 is 1.14 bits per heavy atom. The molecule has 1 unspecified atom stereocenters. The first kappa shape index (κ1) is 22.3. The lowest BCUT2D eigenvalue weighted by molar-refractivity contribution is 0.206. The highest BCUT2D eigenvalue weighted by molar-refractivity contribution is 7.89. The molecule has 2 heterocycles. The SMILES string of the molecule is CCOc1c(C)cc(S(=O)(=O)NCC(c2ccsc2)N2CCCCCC2)cc1C. The van der Waals surface area contributed by atoms with Gasteiger partial charge in [0.2, 0.25) is 10.0 Å². The fourth-order valence-electron chi connectivity index (χ4n) is 4.04. The molecule has 0 radical (unpaired) electrons. The zero-order valence-corrected chi connectivity index (χ0v) is 19.2. The van der Waals surface area contributed by atoms with Gasteiger partial charge in [-0.05, 0) is 92.4 Å². The summed E-state index contributed by atoms with van der Waals surface area (Å²) >= 11 is 1.66. The summed E-state index contributed by atoms with van der Waals surface area (Å²) in [5.74, 6) is 0.771. The number of nitrogens with zero attached hydrogens (tertiary/aromatic N) is 1. The lowest BCUT2D eigenvalue weighted by Crippen LogP contribution is -2.38. The number of rotatable bonds is 8. The van der Waals surface area contributed by atoms with Crippen LogP contribution in [0.25, 0.3) is 0 Å². The Balaban J connectivity index is 1.79. The molecular formula is C22H32N2O3S2. The fraction of sp³-hybridized carbons (Fsp3) is 0.545. The van der Waals surface area contributed by atoms with Gasteiger partial charge in [0.1, 0.15) is 5.75 Å². The van der Waals surface area contributed by atoms with Crippen LogP contribution in [-0.4, -0.2) is 39.6 Å². The smallest absolute Gasteiger partial charge is 0.240 e. The third-order valence-electron chi connectivity index (χ3n) is 5.51. The Hall–Kier alpha value is -1.41. The Labute approximate surface area is 179 Å². The van der Waals surface area contributed by atoms with Crippen molar-refractivity contribution in [1.82, 2.24) is 9.62 Å². The van der Waals surface area contributed by atoms with Gasteiger partial charge in [0.25, 0.3) is 0 Å². The molecule has 0 saturated carbocycles. The highest BCUT2D eigenvalue weighted by atomic mass is 32.2. The molecule has 3 rings (SSSR count). The molecule has 2 aromatic rings. The Kier molecular flexibility index (Phi) is 7.73. The van der Waals surface area contributed by atoms with Gasteiger partial charge in [-0.15, -0.1) is 0 Å². The third kappa shape index (κ3) is 5.60. The van der Waals surface area contributed by atoms with E-state index in [2.05, 4.69) is 26.4 Å². The van der Waals surface area contributed by atoms with E-state index >= 15 is 0 Å². The van der Waals surface area contributed by atoms with E-state index in [1.54, 1.807) is 23.5 Å². The second-order valence-corrected chi connectivity index (χ2v) is 10.2. The van der Waals surface area contributed by atoms with Crippen molar-refractivity contribution < 1.29 is 13.2 Å². The van der Waals surface area contributed by atoms with Gasteiger partial charge in [-0.25, -0.2) is 13.1 Å². The van der Waals surface area contributed by atoms with Gasteiger partial charge in [0, 0.05) is 12.6 Å². The number of nitrogens with one attached hydrogen (secondary N) is 1. The number of ether oxygens (including phenoxy) is 1. The zero-order valence-electron chi connectivity index (χ0n) is 17.6. The summed E-state index contributed by atoms with van der Waals surface area (Å²) in [4.78, 5) is 2.74. The van der Waals surface area contributed by atoms with E-state index < -0.39 is 10.0 Å². The van der Waals surface area contributed by atoms with Crippen molar-refractivity contribution in [2.24, 2.45) is 0 Å². The summed E-state index contributed by atoms with van der Waals surface area (Å²) in [7, 11) is -3.60. The van der Waals surface area contributed by atoms with Gasteiger partial charge >= 0.3 is 0 Å². The van der Waals surface area contributed by atoms with Crippen LogP contribution in [0.4, 0.5) is 0 Å². The van der Waals surface area contributed by atoms with Crippen LogP contribution in [0.1, 0.15) is 55.3 Å². The molecule has 1 aliphatic heterocycles. The molecule has 0 amide bonds. The van der Waals surface area contributed by atoms with Crippen molar-refractivity contribution in [3.05, 3.63) is 45.6 Å². The van der Waals surface area contributed by atoms with Crippen LogP contribution >= 0.6 is 11.3 Å². The van der Waals surface area contributed by atoms with E-state index in [4.69, 9.17) is 4.74 Å². The maximum absolute atomic E-state index is 13.1. The predicted molar refractivity (Wildman–Crippen MR) is 119 cm³/mol. The molecule has 1 atom stereocenters. The van der Waals surface area contributed by atoms with Crippen LogP contribution in [0.3, 0.4) is 0 Å². The molecule has 160 valence electrons. The zero-order chi connectivity index (χ0) is 20.9. The van der Waals surface area contributed by atoms with Crippen LogP contribution in [0, 0.1) is 13.8 Å². The van der Waals surface area contributed by atoms with E-state index in [0.717, 1.165) is 30.0 Å². The standard InChI is InChI=1S/C22H32N2O3S2/c1-4-27-22-17(2)13-20(14-18(22)3)29(25,26)23-15-21(19-9-12-28-16-19)24-10-7-5-6-8-11-24/h9,12-14,16,21,23H,4-8,10-11,15H2,1-3H3. The highest BCUT2D eigenvalue weighted by Crippen LogP contribution is 2.28. The molecule has 1 N–H and O–H groups in total. The van der Waals surface area contributed by atoms with Crippen LogP contribution in [0.15, 0.2) is 33.9 Å². The summed E-state index contributed by atoms with van der Waals surface area (Å²) in [6.45, 7) is 8.69. The first-order valence-electron chi connectivity index (χ1n) is 10.4. The van der Waals surface area contributed by atoms with Gasteiger partial charge in [0.15, 0.2) is 0 Å². The van der Waals surface area contributed by atoms with Gasteiger partial charge in [-0.1, -0.05) is 12.8 Å². The number of likely N-dealkylation sites (tertiary alicyclic amines) is 1. The number of aryl methyl sites for hydroxylation is 2.